The molecule has 5 rings (SSSR count). The van der Waals surface area contributed by atoms with E-state index in [4.69, 9.17) is 28.4 Å². The maximum atomic E-state index is 12.8. The lowest BCUT2D eigenvalue weighted by Crippen LogP contribution is -2.34. The quantitative estimate of drug-likeness (QED) is 0.0967. The normalized spacial score (nSPS) is 13.0. The van der Waals surface area contributed by atoms with Crippen LogP contribution in [0.5, 0.6) is 17.2 Å². The highest BCUT2D eigenvalue weighted by atomic mass is 16.6. The number of fused-ring (bicyclic) bond motifs is 3. The largest absolute Gasteiger partial charge is 0.497 e. The van der Waals surface area contributed by atoms with Gasteiger partial charge in [0.05, 0.1) is 33.7 Å². The van der Waals surface area contributed by atoms with Gasteiger partial charge in [0.15, 0.2) is 5.60 Å². The van der Waals surface area contributed by atoms with Crippen molar-refractivity contribution in [3.05, 3.63) is 107 Å². The molecule has 0 amide bonds. The molecule has 4 aromatic carbocycles. The summed E-state index contributed by atoms with van der Waals surface area (Å²) in [6, 6.07) is 23.7. The van der Waals surface area contributed by atoms with E-state index in [-0.39, 0.29) is 26.1 Å². The van der Waals surface area contributed by atoms with Gasteiger partial charge in [-0.2, -0.15) is 0 Å². The van der Waals surface area contributed by atoms with Crippen LogP contribution in [0.2, 0.25) is 0 Å². The van der Waals surface area contributed by atoms with Crippen LogP contribution in [0, 0.1) is 6.92 Å². The van der Waals surface area contributed by atoms with Crippen molar-refractivity contribution in [1.29, 1.82) is 0 Å². The van der Waals surface area contributed by atoms with E-state index >= 15 is 0 Å². The Morgan fingerprint density at radius 2 is 1.34 bits per heavy atom. The number of hydrogen-bond acceptors (Lipinski definition) is 8. The highest BCUT2D eigenvalue weighted by Gasteiger charge is 2.39. The summed E-state index contributed by atoms with van der Waals surface area (Å²) in [5.41, 5.74) is 3.55. The Labute approximate surface area is 276 Å². The molecule has 0 spiro atoms. The van der Waals surface area contributed by atoms with E-state index < -0.39 is 17.5 Å². The summed E-state index contributed by atoms with van der Waals surface area (Å²) in [4.78, 5) is 24.9. The number of carbonyl (C=O) groups excluding carboxylic acids is 2. The number of benzene rings is 4. The molecule has 246 valence electrons. The van der Waals surface area contributed by atoms with Crippen molar-refractivity contribution >= 4 is 28.8 Å². The SMILES string of the molecule is CCCCOCCOC(=O)CCC(=O)OCc1c2c(c3ccccc3c1C)OC(c1ccc(OC)cc1)(c1ccc(OC)cc1)C=C2. The third-order valence-electron chi connectivity index (χ3n) is 8.43. The molecular formula is C39H42O8. The smallest absolute Gasteiger partial charge is 0.306 e. The summed E-state index contributed by atoms with van der Waals surface area (Å²) < 4.78 is 34.3. The molecule has 0 saturated carbocycles. The lowest BCUT2D eigenvalue weighted by Gasteiger charge is -2.37. The fraction of sp³-hybridized carbons (Fsp3) is 0.333. The van der Waals surface area contributed by atoms with Gasteiger partial charge in [0.25, 0.3) is 0 Å². The van der Waals surface area contributed by atoms with E-state index in [1.807, 2.05) is 85.8 Å². The number of ether oxygens (including phenoxy) is 6. The summed E-state index contributed by atoms with van der Waals surface area (Å²) in [5, 5.41) is 1.95. The highest BCUT2D eigenvalue weighted by molar-refractivity contribution is 5.96. The molecule has 0 saturated heterocycles. The van der Waals surface area contributed by atoms with Crippen LogP contribution in [0.25, 0.3) is 16.8 Å². The third kappa shape index (κ3) is 7.60. The molecule has 0 radical (unpaired) electrons. The van der Waals surface area contributed by atoms with Crippen LogP contribution in [-0.4, -0.2) is 46.0 Å². The minimum absolute atomic E-state index is 0.0317. The van der Waals surface area contributed by atoms with Crippen molar-refractivity contribution in [3.63, 3.8) is 0 Å². The number of hydrogen-bond donors (Lipinski definition) is 0. The number of rotatable bonds is 15. The third-order valence-corrected chi connectivity index (χ3v) is 8.43. The Morgan fingerprint density at radius 3 is 1.94 bits per heavy atom. The average Bonchev–Trinajstić information content (AvgIpc) is 3.12. The molecular weight excluding hydrogens is 596 g/mol. The lowest BCUT2D eigenvalue weighted by molar-refractivity contribution is -0.151. The van der Waals surface area contributed by atoms with Gasteiger partial charge < -0.3 is 28.4 Å². The van der Waals surface area contributed by atoms with Gasteiger partial charge in [-0.05, 0) is 54.6 Å². The van der Waals surface area contributed by atoms with Crippen LogP contribution in [0.1, 0.15) is 60.4 Å². The highest BCUT2D eigenvalue weighted by Crippen LogP contribution is 2.48. The number of esters is 2. The summed E-state index contributed by atoms with van der Waals surface area (Å²) in [6.45, 7) is 5.29. The monoisotopic (exact) mass is 638 g/mol. The van der Waals surface area contributed by atoms with E-state index in [1.165, 1.54) is 0 Å². The molecule has 0 fully saturated rings. The zero-order valence-electron chi connectivity index (χ0n) is 27.5. The van der Waals surface area contributed by atoms with Crippen molar-refractivity contribution < 1.29 is 38.0 Å². The maximum absolute atomic E-state index is 12.8. The molecule has 1 heterocycles. The summed E-state index contributed by atoms with van der Waals surface area (Å²) in [6.07, 6.45) is 5.97. The number of unbranched alkanes of at least 4 members (excludes halogenated alkanes) is 1. The van der Waals surface area contributed by atoms with Crippen LogP contribution < -0.4 is 14.2 Å². The van der Waals surface area contributed by atoms with Gasteiger partial charge in [0.2, 0.25) is 0 Å². The van der Waals surface area contributed by atoms with Crippen molar-refractivity contribution in [1.82, 2.24) is 0 Å². The van der Waals surface area contributed by atoms with Gasteiger partial charge in [-0.1, -0.05) is 68.0 Å². The van der Waals surface area contributed by atoms with Crippen molar-refractivity contribution in [3.8, 4) is 17.2 Å². The van der Waals surface area contributed by atoms with Crippen LogP contribution in [0.3, 0.4) is 0 Å². The van der Waals surface area contributed by atoms with E-state index in [0.29, 0.717) is 19.0 Å². The predicted molar refractivity (Wildman–Crippen MR) is 181 cm³/mol. The molecule has 8 nitrogen and oxygen atoms in total. The molecule has 0 bridgehead atoms. The van der Waals surface area contributed by atoms with Crippen LogP contribution in [0.15, 0.2) is 78.9 Å². The Balaban J connectivity index is 1.40. The van der Waals surface area contributed by atoms with E-state index in [9.17, 15) is 9.59 Å². The molecule has 1 aliphatic heterocycles. The van der Waals surface area contributed by atoms with Gasteiger partial charge in [-0.25, -0.2) is 0 Å². The molecule has 0 aliphatic carbocycles. The Kier molecular flexibility index (Phi) is 11.2. The Bertz CT molecular complexity index is 1660. The molecule has 8 heteroatoms. The van der Waals surface area contributed by atoms with Crippen molar-refractivity contribution in [2.75, 3.05) is 34.0 Å². The average molecular weight is 639 g/mol. The predicted octanol–water partition coefficient (Wildman–Crippen LogP) is 7.70. The van der Waals surface area contributed by atoms with E-state index in [0.717, 1.165) is 62.9 Å². The van der Waals surface area contributed by atoms with E-state index in [1.54, 1.807) is 14.2 Å². The molecule has 0 aromatic heterocycles. The second kappa shape index (κ2) is 15.6. The van der Waals surface area contributed by atoms with Crippen LogP contribution >= 0.6 is 0 Å². The lowest BCUT2D eigenvalue weighted by atomic mass is 9.82. The molecule has 4 aromatic rings. The molecule has 0 unspecified atom stereocenters. The van der Waals surface area contributed by atoms with Crippen molar-refractivity contribution in [2.24, 2.45) is 0 Å². The van der Waals surface area contributed by atoms with Crippen molar-refractivity contribution in [2.45, 2.75) is 51.7 Å². The van der Waals surface area contributed by atoms with Gasteiger partial charge in [-0.15, -0.1) is 0 Å². The number of methoxy groups -OCH3 is 2. The van der Waals surface area contributed by atoms with Gasteiger partial charge in [0, 0.05) is 34.2 Å². The fourth-order valence-electron chi connectivity index (χ4n) is 5.74. The first kappa shape index (κ1) is 33.5. The van der Waals surface area contributed by atoms with E-state index in [2.05, 4.69) is 13.0 Å². The first-order valence-electron chi connectivity index (χ1n) is 16.0. The van der Waals surface area contributed by atoms with Crippen LogP contribution in [-0.2, 0) is 36.0 Å². The molecule has 47 heavy (non-hydrogen) atoms. The van der Waals surface area contributed by atoms with Gasteiger partial charge >= 0.3 is 11.9 Å². The van der Waals surface area contributed by atoms with Gasteiger partial charge in [0.1, 0.15) is 30.5 Å². The second-order valence-corrected chi connectivity index (χ2v) is 11.4. The standard InChI is InChI=1S/C39H42O8/c1-5-6-23-44-24-25-45-36(40)19-20-37(41)46-26-35-27(2)32-9-7-8-10-33(32)38-34(35)21-22-39(47-38,28-11-15-30(42-3)16-12-28)29-13-17-31(43-4)18-14-29/h7-18,21-22H,5-6,19-20,23-26H2,1-4H3. The van der Waals surface area contributed by atoms with Crippen LogP contribution in [0.4, 0.5) is 0 Å². The topological polar surface area (TPSA) is 89.5 Å². The maximum Gasteiger partial charge on any atom is 0.306 e. The molecule has 0 N–H and O–H groups in total. The first-order chi connectivity index (χ1) is 22.9. The second-order valence-electron chi connectivity index (χ2n) is 11.4. The Morgan fingerprint density at radius 1 is 0.745 bits per heavy atom. The molecule has 1 aliphatic rings. The minimum Gasteiger partial charge on any atom is -0.497 e. The first-order valence-corrected chi connectivity index (χ1v) is 16.0. The number of aryl methyl sites for hydroxylation is 1. The zero-order valence-corrected chi connectivity index (χ0v) is 27.5. The fourth-order valence-corrected chi connectivity index (χ4v) is 5.74. The Hall–Kier alpha value is -4.82. The summed E-state index contributed by atoms with van der Waals surface area (Å²) >= 11 is 0. The molecule has 0 atom stereocenters. The van der Waals surface area contributed by atoms with Gasteiger partial charge in [-0.3, -0.25) is 9.59 Å². The number of carbonyl (C=O) groups is 2. The summed E-state index contributed by atoms with van der Waals surface area (Å²) in [5.74, 6) is 1.25. The summed E-state index contributed by atoms with van der Waals surface area (Å²) in [7, 11) is 3.28. The minimum atomic E-state index is -0.959. The zero-order chi connectivity index (χ0) is 33.2.